The number of carbonyl (C=O) groups excluding carboxylic acids is 2. The van der Waals surface area contributed by atoms with Crippen molar-refractivity contribution in [3.63, 3.8) is 0 Å². The molecular weight excluding hydrogens is 288 g/mol. The van der Waals surface area contributed by atoms with Gasteiger partial charge in [-0.1, -0.05) is 29.8 Å². The quantitative estimate of drug-likeness (QED) is 0.862. The van der Waals surface area contributed by atoms with Gasteiger partial charge in [-0.05, 0) is 6.92 Å². The van der Waals surface area contributed by atoms with Gasteiger partial charge in [-0.3, -0.25) is 9.59 Å². The number of rotatable bonds is 5. The van der Waals surface area contributed by atoms with Crippen molar-refractivity contribution in [1.82, 2.24) is 4.98 Å². The van der Waals surface area contributed by atoms with Crippen molar-refractivity contribution in [2.45, 2.75) is 19.8 Å². The number of esters is 1. The van der Waals surface area contributed by atoms with E-state index in [1.165, 1.54) is 24.0 Å². The summed E-state index contributed by atoms with van der Waals surface area (Å²) in [7, 11) is 1.30. The molecule has 0 atom stereocenters. The standard InChI is InChI=1S/C15H16N2O3S/c1-10-3-5-11(6-4-10)12-9-21-15(16-12)17-13(18)7-8-14(19)20-2/h3-6,9H,7-8H2,1-2H3,(H,16,17,18). The Balaban J connectivity index is 1.95. The second-order valence-electron chi connectivity index (χ2n) is 4.53. The number of ether oxygens (including phenoxy) is 1. The van der Waals surface area contributed by atoms with Crippen LogP contribution in [-0.4, -0.2) is 24.0 Å². The van der Waals surface area contributed by atoms with Crippen LogP contribution in [0.3, 0.4) is 0 Å². The van der Waals surface area contributed by atoms with Gasteiger partial charge in [-0.15, -0.1) is 11.3 Å². The van der Waals surface area contributed by atoms with Crippen LogP contribution in [0.4, 0.5) is 5.13 Å². The highest BCUT2D eigenvalue weighted by Crippen LogP contribution is 2.25. The maximum Gasteiger partial charge on any atom is 0.306 e. The number of nitrogens with zero attached hydrogens (tertiary/aromatic N) is 1. The fraction of sp³-hybridized carbons (Fsp3) is 0.267. The van der Waals surface area contributed by atoms with E-state index >= 15 is 0 Å². The van der Waals surface area contributed by atoms with Crippen LogP contribution in [0.15, 0.2) is 29.6 Å². The average Bonchev–Trinajstić information content (AvgIpc) is 2.94. The maximum absolute atomic E-state index is 11.7. The molecular formula is C15H16N2O3S. The van der Waals surface area contributed by atoms with Crippen LogP contribution in [0.1, 0.15) is 18.4 Å². The van der Waals surface area contributed by atoms with E-state index in [4.69, 9.17) is 0 Å². The van der Waals surface area contributed by atoms with E-state index in [-0.39, 0.29) is 18.7 Å². The summed E-state index contributed by atoms with van der Waals surface area (Å²) in [5, 5.41) is 5.10. The Morgan fingerprint density at radius 2 is 1.95 bits per heavy atom. The van der Waals surface area contributed by atoms with E-state index in [1.54, 1.807) is 0 Å². The predicted molar refractivity (Wildman–Crippen MR) is 82.2 cm³/mol. The molecule has 5 nitrogen and oxygen atoms in total. The molecule has 0 unspecified atom stereocenters. The van der Waals surface area contributed by atoms with Gasteiger partial charge in [0.15, 0.2) is 5.13 Å². The Morgan fingerprint density at radius 1 is 1.24 bits per heavy atom. The van der Waals surface area contributed by atoms with E-state index < -0.39 is 5.97 Å². The first-order valence-electron chi connectivity index (χ1n) is 6.47. The van der Waals surface area contributed by atoms with Crippen molar-refractivity contribution in [2.24, 2.45) is 0 Å². The molecule has 1 N–H and O–H groups in total. The topological polar surface area (TPSA) is 68.3 Å². The summed E-state index contributed by atoms with van der Waals surface area (Å²) < 4.78 is 4.49. The molecule has 0 fully saturated rings. The summed E-state index contributed by atoms with van der Waals surface area (Å²) in [4.78, 5) is 27.0. The molecule has 110 valence electrons. The molecule has 0 aliphatic rings. The number of hydrogen-bond acceptors (Lipinski definition) is 5. The molecule has 0 saturated carbocycles. The summed E-state index contributed by atoms with van der Waals surface area (Å²) in [5.41, 5.74) is 3.01. The van der Waals surface area contributed by atoms with Gasteiger partial charge in [0.05, 0.1) is 19.2 Å². The third-order valence-electron chi connectivity index (χ3n) is 2.88. The highest BCUT2D eigenvalue weighted by atomic mass is 32.1. The molecule has 1 aromatic carbocycles. The van der Waals surface area contributed by atoms with E-state index in [0.29, 0.717) is 5.13 Å². The molecule has 1 heterocycles. The molecule has 0 aliphatic carbocycles. The Labute approximate surface area is 127 Å². The third kappa shape index (κ3) is 4.39. The van der Waals surface area contributed by atoms with E-state index in [9.17, 15) is 9.59 Å². The summed E-state index contributed by atoms with van der Waals surface area (Å²) in [6.07, 6.45) is 0.157. The minimum absolute atomic E-state index is 0.0680. The van der Waals surface area contributed by atoms with Crippen molar-refractivity contribution < 1.29 is 14.3 Å². The lowest BCUT2D eigenvalue weighted by atomic mass is 10.1. The van der Waals surface area contributed by atoms with Crippen LogP contribution >= 0.6 is 11.3 Å². The van der Waals surface area contributed by atoms with Crippen LogP contribution in [0.5, 0.6) is 0 Å². The van der Waals surface area contributed by atoms with Gasteiger partial charge < -0.3 is 10.1 Å². The first kappa shape index (κ1) is 15.2. The number of nitrogens with one attached hydrogen (secondary N) is 1. The summed E-state index contributed by atoms with van der Waals surface area (Å²) in [6.45, 7) is 2.03. The molecule has 6 heteroatoms. The Hall–Kier alpha value is -2.21. The second-order valence-corrected chi connectivity index (χ2v) is 5.39. The maximum atomic E-state index is 11.7. The SMILES string of the molecule is COC(=O)CCC(=O)Nc1nc(-c2ccc(C)cc2)cs1. The smallest absolute Gasteiger partial charge is 0.306 e. The molecule has 1 amide bonds. The molecule has 0 aliphatic heterocycles. The molecule has 0 bridgehead atoms. The fourth-order valence-electron chi connectivity index (χ4n) is 1.69. The van der Waals surface area contributed by atoms with Gasteiger partial charge >= 0.3 is 5.97 Å². The van der Waals surface area contributed by atoms with Crippen LogP contribution in [0.2, 0.25) is 0 Å². The Kier molecular flexibility index (Phi) is 5.05. The highest BCUT2D eigenvalue weighted by molar-refractivity contribution is 7.14. The Morgan fingerprint density at radius 3 is 2.62 bits per heavy atom. The Bertz CT molecular complexity index is 635. The van der Waals surface area contributed by atoms with Crippen molar-refractivity contribution in [3.8, 4) is 11.3 Å². The zero-order chi connectivity index (χ0) is 15.2. The number of thiazole rings is 1. The van der Waals surface area contributed by atoms with E-state index in [1.807, 2.05) is 36.6 Å². The number of aryl methyl sites for hydroxylation is 1. The zero-order valence-electron chi connectivity index (χ0n) is 11.9. The molecule has 0 saturated heterocycles. The van der Waals surface area contributed by atoms with Gasteiger partial charge in [0.2, 0.25) is 5.91 Å². The molecule has 21 heavy (non-hydrogen) atoms. The summed E-state index contributed by atoms with van der Waals surface area (Å²) in [5.74, 6) is -0.644. The monoisotopic (exact) mass is 304 g/mol. The van der Waals surface area contributed by atoms with Gasteiger partial charge in [-0.2, -0.15) is 0 Å². The van der Waals surface area contributed by atoms with Gasteiger partial charge in [0.25, 0.3) is 0 Å². The number of anilines is 1. The van der Waals surface area contributed by atoms with Crippen LogP contribution in [-0.2, 0) is 14.3 Å². The van der Waals surface area contributed by atoms with E-state index in [0.717, 1.165) is 11.3 Å². The van der Waals surface area contributed by atoms with Crippen molar-refractivity contribution in [3.05, 3.63) is 35.2 Å². The third-order valence-corrected chi connectivity index (χ3v) is 3.64. The lowest BCUT2D eigenvalue weighted by molar-refractivity contribution is -0.141. The largest absolute Gasteiger partial charge is 0.469 e. The normalized spacial score (nSPS) is 10.2. The zero-order valence-corrected chi connectivity index (χ0v) is 12.7. The molecule has 0 spiro atoms. The number of hydrogen-bond donors (Lipinski definition) is 1. The van der Waals surface area contributed by atoms with Crippen molar-refractivity contribution >= 4 is 28.3 Å². The van der Waals surface area contributed by atoms with Gasteiger partial charge in [-0.25, -0.2) is 4.98 Å². The lowest BCUT2D eigenvalue weighted by Gasteiger charge is -2.01. The number of carbonyl (C=O) groups is 2. The second kappa shape index (κ2) is 6.99. The molecule has 2 rings (SSSR count). The molecule has 2 aromatic rings. The van der Waals surface area contributed by atoms with Gasteiger partial charge in [0.1, 0.15) is 0 Å². The predicted octanol–water partition coefficient (Wildman–Crippen LogP) is 3.01. The number of amides is 1. The van der Waals surface area contributed by atoms with Crippen molar-refractivity contribution in [2.75, 3.05) is 12.4 Å². The minimum atomic E-state index is -0.398. The first-order valence-corrected chi connectivity index (χ1v) is 7.35. The average molecular weight is 304 g/mol. The van der Waals surface area contributed by atoms with Gasteiger partial charge in [0, 0.05) is 17.4 Å². The highest BCUT2D eigenvalue weighted by Gasteiger charge is 2.10. The van der Waals surface area contributed by atoms with E-state index in [2.05, 4.69) is 15.0 Å². The summed E-state index contributed by atoms with van der Waals surface area (Å²) in [6, 6.07) is 8.02. The summed E-state index contributed by atoms with van der Waals surface area (Å²) >= 11 is 1.36. The number of aromatic nitrogens is 1. The lowest BCUT2D eigenvalue weighted by Crippen LogP contribution is -2.13. The fourth-order valence-corrected chi connectivity index (χ4v) is 2.42. The van der Waals surface area contributed by atoms with Crippen LogP contribution in [0, 0.1) is 6.92 Å². The minimum Gasteiger partial charge on any atom is -0.469 e. The molecule has 0 radical (unpaired) electrons. The molecule has 1 aromatic heterocycles. The number of benzene rings is 1. The van der Waals surface area contributed by atoms with Crippen LogP contribution in [0.25, 0.3) is 11.3 Å². The van der Waals surface area contributed by atoms with Crippen molar-refractivity contribution in [1.29, 1.82) is 0 Å². The first-order chi connectivity index (χ1) is 10.1. The van der Waals surface area contributed by atoms with Crippen LogP contribution < -0.4 is 5.32 Å². The number of methoxy groups -OCH3 is 1.